The number of urea groups is 1. The topological polar surface area (TPSA) is 108 Å². The molecule has 1 aromatic carbocycles. The predicted molar refractivity (Wildman–Crippen MR) is 71.5 cm³/mol. The molecule has 0 radical (unpaired) electrons. The summed E-state index contributed by atoms with van der Waals surface area (Å²) < 4.78 is 13.5. The number of aromatic carboxylic acids is 1. The standard InChI is InChI=1S/C13H14FN3O4/c14-9-3-1-7(12(19)20)5-10(9)17-13(21)16-8-2-4-11(18)15-6-8/h1,3,5,8H,2,4,6H2,(H,15,18)(H,19,20)(H2,16,17,21). The lowest BCUT2D eigenvalue weighted by Gasteiger charge is -2.23. The molecule has 0 aromatic heterocycles. The molecule has 4 N–H and O–H groups in total. The maximum Gasteiger partial charge on any atom is 0.335 e. The first-order valence-corrected chi connectivity index (χ1v) is 6.33. The van der Waals surface area contributed by atoms with Gasteiger partial charge in [-0.25, -0.2) is 14.0 Å². The summed E-state index contributed by atoms with van der Waals surface area (Å²) in [5.74, 6) is -2.02. The fourth-order valence-corrected chi connectivity index (χ4v) is 1.95. The van der Waals surface area contributed by atoms with Crippen LogP contribution < -0.4 is 16.0 Å². The van der Waals surface area contributed by atoms with E-state index in [1.807, 2.05) is 0 Å². The molecule has 0 bridgehead atoms. The van der Waals surface area contributed by atoms with Gasteiger partial charge >= 0.3 is 12.0 Å². The van der Waals surface area contributed by atoms with E-state index in [4.69, 9.17) is 5.11 Å². The highest BCUT2D eigenvalue weighted by atomic mass is 19.1. The molecule has 1 aliphatic rings. The minimum atomic E-state index is -1.21. The van der Waals surface area contributed by atoms with Gasteiger partial charge in [-0.2, -0.15) is 0 Å². The highest BCUT2D eigenvalue weighted by Crippen LogP contribution is 2.16. The van der Waals surface area contributed by atoms with E-state index in [2.05, 4.69) is 16.0 Å². The van der Waals surface area contributed by atoms with Crippen molar-refractivity contribution in [2.45, 2.75) is 18.9 Å². The van der Waals surface area contributed by atoms with Crippen molar-refractivity contribution in [2.24, 2.45) is 0 Å². The molecule has 1 heterocycles. The van der Waals surface area contributed by atoms with Gasteiger partial charge in [0.15, 0.2) is 0 Å². The second-order valence-electron chi connectivity index (χ2n) is 4.64. The van der Waals surface area contributed by atoms with Gasteiger partial charge in [-0.1, -0.05) is 0 Å². The van der Waals surface area contributed by atoms with Crippen LogP contribution in [0.15, 0.2) is 18.2 Å². The Labute approximate surface area is 119 Å². The van der Waals surface area contributed by atoms with E-state index in [1.54, 1.807) is 0 Å². The first-order chi connectivity index (χ1) is 9.95. The Hall–Kier alpha value is -2.64. The summed E-state index contributed by atoms with van der Waals surface area (Å²) in [5.41, 5.74) is -0.344. The summed E-state index contributed by atoms with van der Waals surface area (Å²) in [6, 6.07) is 2.23. The van der Waals surface area contributed by atoms with Gasteiger partial charge in [0, 0.05) is 19.0 Å². The zero-order valence-corrected chi connectivity index (χ0v) is 11.0. The fraction of sp³-hybridized carbons (Fsp3) is 0.308. The van der Waals surface area contributed by atoms with Gasteiger partial charge in [0.25, 0.3) is 0 Å². The Kier molecular flexibility index (Phi) is 4.36. The predicted octanol–water partition coefficient (Wildman–Crippen LogP) is 0.924. The molecule has 1 fully saturated rings. The van der Waals surface area contributed by atoms with Crippen LogP contribution in [-0.2, 0) is 4.79 Å². The third-order valence-electron chi connectivity index (χ3n) is 3.06. The van der Waals surface area contributed by atoms with Crippen LogP contribution in [0, 0.1) is 5.82 Å². The Morgan fingerprint density at radius 2 is 2.14 bits per heavy atom. The average molecular weight is 295 g/mol. The van der Waals surface area contributed by atoms with E-state index in [0.717, 1.165) is 18.2 Å². The Morgan fingerprint density at radius 1 is 1.38 bits per heavy atom. The van der Waals surface area contributed by atoms with E-state index >= 15 is 0 Å². The lowest BCUT2D eigenvalue weighted by atomic mass is 10.1. The summed E-state index contributed by atoms with van der Waals surface area (Å²) in [6.07, 6.45) is 0.810. The van der Waals surface area contributed by atoms with Gasteiger partial charge in [-0.05, 0) is 24.6 Å². The molecule has 2 rings (SSSR count). The molecule has 3 amide bonds. The number of anilines is 1. The zero-order valence-electron chi connectivity index (χ0n) is 11.0. The zero-order chi connectivity index (χ0) is 15.4. The van der Waals surface area contributed by atoms with Crippen LogP contribution in [0.3, 0.4) is 0 Å². The van der Waals surface area contributed by atoms with Crippen molar-refractivity contribution in [1.29, 1.82) is 0 Å². The molecule has 112 valence electrons. The van der Waals surface area contributed by atoms with Crippen LogP contribution in [0.1, 0.15) is 23.2 Å². The number of hydrogen-bond donors (Lipinski definition) is 4. The second-order valence-corrected chi connectivity index (χ2v) is 4.64. The number of rotatable bonds is 3. The first kappa shape index (κ1) is 14.8. The molecule has 21 heavy (non-hydrogen) atoms. The summed E-state index contributed by atoms with van der Waals surface area (Å²) in [5, 5.41) is 16.3. The number of hydrogen-bond acceptors (Lipinski definition) is 3. The van der Waals surface area contributed by atoms with E-state index in [9.17, 15) is 18.8 Å². The molecule has 1 unspecified atom stereocenters. The number of nitrogens with one attached hydrogen (secondary N) is 3. The number of amides is 3. The highest BCUT2D eigenvalue weighted by Gasteiger charge is 2.20. The van der Waals surface area contributed by atoms with Crippen LogP contribution in [0.4, 0.5) is 14.9 Å². The highest BCUT2D eigenvalue weighted by molar-refractivity contribution is 5.93. The number of carbonyl (C=O) groups is 3. The van der Waals surface area contributed by atoms with Crippen molar-refractivity contribution in [3.05, 3.63) is 29.6 Å². The van der Waals surface area contributed by atoms with Gasteiger partial charge in [-0.3, -0.25) is 4.79 Å². The molecule has 1 aliphatic heterocycles. The molecule has 7 nitrogen and oxygen atoms in total. The second kappa shape index (κ2) is 6.21. The van der Waals surface area contributed by atoms with Crippen molar-refractivity contribution in [3.8, 4) is 0 Å². The molecule has 1 aromatic rings. The quantitative estimate of drug-likeness (QED) is 0.665. The summed E-state index contributed by atoms with van der Waals surface area (Å²) in [7, 11) is 0. The van der Waals surface area contributed by atoms with Crippen LogP contribution in [0.5, 0.6) is 0 Å². The molecular formula is C13H14FN3O4. The van der Waals surface area contributed by atoms with Crippen molar-refractivity contribution in [2.75, 3.05) is 11.9 Å². The van der Waals surface area contributed by atoms with Gasteiger partial charge < -0.3 is 21.1 Å². The minimum Gasteiger partial charge on any atom is -0.478 e. The van der Waals surface area contributed by atoms with Crippen LogP contribution in [0.25, 0.3) is 0 Å². The van der Waals surface area contributed by atoms with Gasteiger partial charge in [0.05, 0.1) is 11.3 Å². The number of benzene rings is 1. The Bertz CT molecular complexity index is 581. The number of carbonyl (C=O) groups excluding carboxylic acids is 2. The largest absolute Gasteiger partial charge is 0.478 e. The molecule has 0 aliphatic carbocycles. The number of piperidine rings is 1. The molecule has 1 atom stereocenters. The summed E-state index contributed by atoms with van der Waals surface area (Å²) in [4.78, 5) is 33.5. The molecule has 0 spiro atoms. The maximum atomic E-state index is 13.5. The monoisotopic (exact) mass is 295 g/mol. The van der Waals surface area contributed by atoms with Crippen LogP contribution in [0.2, 0.25) is 0 Å². The van der Waals surface area contributed by atoms with Gasteiger partial charge in [-0.15, -0.1) is 0 Å². The van der Waals surface area contributed by atoms with Crippen LogP contribution >= 0.6 is 0 Å². The third-order valence-corrected chi connectivity index (χ3v) is 3.06. The smallest absolute Gasteiger partial charge is 0.335 e. The summed E-state index contributed by atoms with van der Waals surface area (Å²) >= 11 is 0. The first-order valence-electron chi connectivity index (χ1n) is 6.33. The van der Waals surface area contributed by atoms with E-state index in [-0.39, 0.29) is 23.2 Å². The van der Waals surface area contributed by atoms with E-state index < -0.39 is 17.8 Å². The third kappa shape index (κ3) is 3.91. The van der Waals surface area contributed by atoms with E-state index in [0.29, 0.717) is 19.4 Å². The number of halogens is 1. The number of carboxylic acids is 1. The molecule has 1 saturated heterocycles. The lowest BCUT2D eigenvalue weighted by molar-refractivity contribution is -0.122. The Balaban J connectivity index is 1.97. The van der Waals surface area contributed by atoms with Gasteiger partial charge in [0.2, 0.25) is 5.91 Å². The number of carboxylic acid groups (broad SMARTS) is 1. The normalized spacial score (nSPS) is 17.8. The molecular weight excluding hydrogens is 281 g/mol. The minimum absolute atomic E-state index is 0.0753. The SMILES string of the molecule is O=C1CCC(NC(=O)Nc2cc(C(=O)O)ccc2F)CN1. The van der Waals surface area contributed by atoms with Crippen molar-refractivity contribution < 1.29 is 23.9 Å². The average Bonchev–Trinajstić information content (AvgIpc) is 2.43. The van der Waals surface area contributed by atoms with E-state index in [1.165, 1.54) is 0 Å². The molecule has 0 saturated carbocycles. The molecule has 8 heteroatoms. The Morgan fingerprint density at radius 3 is 2.76 bits per heavy atom. The van der Waals surface area contributed by atoms with Crippen LogP contribution in [-0.4, -0.2) is 35.6 Å². The lowest BCUT2D eigenvalue weighted by Crippen LogP contribution is -2.48. The van der Waals surface area contributed by atoms with Crippen molar-refractivity contribution in [1.82, 2.24) is 10.6 Å². The maximum absolute atomic E-state index is 13.5. The van der Waals surface area contributed by atoms with Gasteiger partial charge in [0.1, 0.15) is 5.82 Å². The van der Waals surface area contributed by atoms with Crippen molar-refractivity contribution >= 4 is 23.6 Å². The van der Waals surface area contributed by atoms with Crippen molar-refractivity contribution in [3.63, 3.8) is 0 Å². The summed E-state index contributed by atoms with van der Waals surface area (Å²) in [6.45, 7) is 0.309. The fourth-order valence-electron chi connectivity index (χ4n) is 1.95.